The molecule has 2 aromatic rings. The SMILES string of the molecule is CC(=O)Cc1nc(C)cc(C(C)NC(=O)c2ccc(OCC(F)(F)F)nc2)n1. The predicted molar refractivity (Wildman–Crippen MR) is 92.8 cm³/mol. The normalized spacial score (nSPS) is 12.4. The first-order valence-corrected chi connectivity index (χ1v) is 8.34. The summed E-state index contributed by atoms with van der Waals surface area (Å²) in [6.45, 7) is 3.45. The van der Waals surface area contributed by atoms with E-state index in [1.807, 2.05) is 0 Å². The molecule has 7 nitrogen and oxygen atoms in total. The van der Waals surface area contributed by atoms with Gasteiger partial charge in [-0.05, 0) is 32.9 Å². The van der Waals surface area contributed by atoms with Gasteiger partial charge in [-0.1, -0.05) is 0 Å². The van der Waals surface area contributed by atoms with Crippen molar-refractivity contribution in [1.29, 1.82) is 0 Å². The molecule has 0 saturated carbocycles. The number of carbonyl (C=O) groups excluding carboxylic acids is 2. The maximum absolute atomic E-state index is 12.3. The topological polar surface area (TPSA) is 94.1 Å². The van der Waals surface area contributed by atoms with Gasteiger partial charge in [-0.2, -0.15) is 13.2 Å². The fourth-order valence-corrected chi connectivity index (χ4v) is 2.29. The van der Waals surface area contributed by atoms with Crippen LogP contribution in [-0.4, -0.2) is 39.4 Å². The Labute approximate surface area is 159 Å². The van der Waals surface area contributed by atoms with Crippen LogP contribution in [0.25, 0.3) is 0 Å². The Morgan fingerprint density at radius 2 is 1.96 bits per heavy atom. The third-order valence-electron chi connectivity index (χ3n) is 3.50. The van der Waals surface area contributed by atoms with Crippen molar-refractivity contribution in [2.45, 2.75) is 39.4 Å². The van der Waals surface area contributed by atoms with Gasteiger partial charge in [-0.25, -0.2) is 15.0 Å². The minimum Gasteiger partial charge on any atom is -0.468 e. The minimum atomic E-state index is -4.47. The van der Waals surface area contributed by atoms with Gasteiger partial charge in [0.1, 0.15) is 11.6 Å². The second kappa shape index (κ2) is 8.77. The molecule has 0 aromatic carbocycles. The molecule has 0 aliphatic carbocycles. The average molecular weight is 396 g/mol. The molecule has 0 aliphatic rings. The molecule has 0 radical (unpaired) electrons. The number of amides is 1. The molecule has 10 heteroatoms. The molecular weight excluding hydrogens is 377 g/mol. The number of aromatic nitrogens is 3. The number of halogens is 3. The first kappa shape index (κ1) is 21.3. The summed E-state index contributed by atoms with van der Waals surface area (Å²) in [5.74, 6) is -0.419. The lowest BCUT2D eigenvalue weighted by atomic mass is 10.1. The number of ketones is 1. The van der Waals surface area contributed by atoms with Crippen LogP contribution >= 0.6 is 0 Å². The fourth-order valence-electron chi connectivity index (χ4n) is 2.29. The van der Waals surface area contributed by atoms with Crippen LogP contribution in [0.1, 0.15) is 47.5 Å². The maximum Gasteiger partial charge on any atom is 0.422 e. The summed E-state index contributed by atoms with van der Waals surface area (Å²) in [5, 5.41) is 2.72. The monoisotopic (exact) mass is 396 g/mol. The number of alkyl halides is 3. The number of nitrogens with zero attached hydrogens (tertiary/aromatic N) is 3. The van der Waals surface area contributed by atoms with E-state index in [-0.39, 0.29) is 23.6 Å². The van der Waals surface area contributed by atoms with Gasteiger partial charge in [-0.3, -0.25) is 9.59 Å². The number of aryl methyl sites for hydroxylation is 1. The van der Waals surface area contributed by atoms with Crippen molar-refractivity contribution < 1.29 is 27.5 Å². The van der Waals surface area contributed by atoms with E-state index in [0.717, 1.165) is 6.20 Å². The quantitative estimate of drug-likeness (QED) is 0.774. The van der Waals surface area contributed by atoms with Crippen molar-refractivity contribution in [3.8, 4) is 5.88 Å². The van der Waals surface area contributed by atoms with Gasteiger partial charge in [0.05, 0.1) is 23.7 Å². The van der Waals surface area contributed by atoms with Gasteiger partial charge in [0.15, 0.2) is 6.61 Å². The molecule has 0 saturated heterocycles. The summed E-state index contributed by atoms with van der Waals surface area (Å²) < 4.78 is 40.9. The Morgan fingerprint density at radius 1 is 1.25 bits per heavy atom. The van der Waals surface area contributed by atoms with Crippen molar-refractivity contribution in [1.82, 2.24) is 20.3 Å². The van der Waals surface area contributed by atoms with Gasteiger partial charge in [0.2, 0.25) is 5.88 Å². The van der Waals surface area contributed by atoms with Gasteiger partial charge in [0, 0.05) is 18.0 Å². The largest absolute Gasteiger partial charge is 0.468 e. The van der Waals surface area contributed by atoms with Crippen LogP contribution in [0.2, 0.25) is 0 Å². The van der Waals surface area contributed by atoms with Crippen LogP contribution in [0, 0.1) is 6.92 Å². The summed E-state index contributed by atoms with van der Waals surface area (Å²) >= 11 is 0. The van der Waals surface area contributed by atoms with E-state index in [2.05, 4.69) is 25.0 Å². The lowest BCUT2D eigenvalue weighted by molar-refractivity contribution is -0.154. The zero-order valence-electron chi connectivity index (χ0n) is 15.5. The van der Waals surface area contributed by atoms with Crippen LogP contribution in [0.3, 0.4) is 0 Å². The standard InChI is InChI=1S/C18H19F3N4O3/c1-10-6-14(25-15(23-10)7-11(2)26)12(3)24-17(27)13-4-5-16(22-8-13)28-9-18(19,20)21/h4-6,8,12H,7,9H2,1-3H3,(H,24,27). The Morgan fingerprint density at radius 3 is 2.54 bits per heavy atom. The third kappa shape index (κ3) is 6.60. The van der Waals surface area contributed by atoms with Gasteiger partial charge in [0.25, 0.3) is 5.91 Å². The Balaban J connectivity index is 2.04. The molecule has 1 unspecified atom stereocenters. The van der Waals surface area contributed by atoms with Gasteiger partial charge >= 0.3 is 6.18 Å². The van der Waals surface area contributed by atoms with Crippen molar-refractivity contribution in [2.24, 2.45) is 0 Å². The molecule has 0 spiro atoms. The molecular formula is C18H19F3N4O3. The smallest absolute Gasteiger partial charge is 0.422 e. The summed E-state index contributed by atoms with van der Waals surface area (Å²) in [7, 11) is 0. The predicted octanol–water partition coefficient (Wildman–Crippen LogP) is 2.74. The molecule has 0 bridgehead atoms. The van der Waals surface area contributed by atoms with Crippen molar-refractivity contribution in [3.63, 3.8) is 0 Å². The van der Waals surface area contributed by atoms with E-state index in [4.69, 9.17) is 0 Å². The van der Waals surface area contributed by atoms with Crippen molar-refractivity contribution >= 4 is 11.7 Å². The highest BCUT2D eigenvalue weighted by Gasteiger charge is 2.28. The lowest BCUT2D eigenvalue weighted by Gasteiger charge is -2.15. The zero-order chi connectivity index (χ0) is 20.9. The lowest BCUT2D eigenvalue weighted by Crippen LogP contribution is -2.28. The summed E-state index contributed by atoms with van der Waals surface area (Å²) in [5.41, 5.74) is 1.35. The van der Waals surface area contributed by atoms with E-state index < -0.39 is 24.7 Å². The van der Waals surface area contributed by atoms with Crippen LogP contribution in [0.4, 0.5) is 13.2 Å². The molecule has 1 atom stereocenters. The summed E-state index contributed by atoms with van der Waals surface area (Å²) in [6, 6.07) is 3.71. The minimum absolute atomic E-state index is 0.0767. The number of carbonyl (C=O) groups is 2. The van der Waals surface area contributed by atoms with Gasteiger partial charge < -0.3 is 10.1 Å². The molecule has 2 aromatic heterocycles. The number of hydrogen-bond acceptors (Lipinski definition) is 6. The molecule has 2 heterocycles. The van der Waals surface area contributed by atoms with E-state index in [0.29, 0.717) is 17.2 Å². The van der Waals surface area contributed by atoms with Crippen LogP contribution in [0.5, 0.6) is 5.88 Å². The van der Waals surface area contributed by atoms with E-state index >= 15 is 0 Å². The number of Topliss-reactive ketones (excluding diaryl/α,β-unsaturated/α-hetero) is 1. The van der Waals surface area contributed by atoms with E-state index in [1.54, 1.807) is 19.9 Å². The highest BCUT2D eigenvalue weighted by atomic mass is 19.4. The second-order valence-corrected chi connectivity index (χ2v) is 6.21. The van der Waals surface area contributed by atoms with E-state index in [9.17, 15) is 22.8 Å². The number of ether oxygens (including phenoxy) is 1. The fraction of sp³-hybridized carbons (Fsp3) is 0.389. The first-order valence-electron chi connectivity index (χ1n) is 8.34. The highest BCUT2D eigenvalue weighted by Crippen LogP contribution is 2.17. The molecule has 1 N–H and O–H groups in total. The molecule has 0 aliphatic heterocycles. The molecule has 0 fully saturated rings. The maximum atomic E-state index is 12.3. The molecule has 28 heavy (non-hydrogen) atoms. The number of nitrogens with one attached hydrogen (secondary N) is 1. The van der Waals surface area contributed by atoms with Crippen molar-refractivity contribution in [3.05, 3.63) is 47.2 Å². The molecule has 2 rings (SSSR count). The average Bonchev–Trinajstić information content (AvgIpc) is 2.58. The molecule has 150 valence electrons. The second-order valence-electron chi connectivity index (χ2n) is 6.21. The number of hydrogen-bond donors (Lipinski definition) is 1. The summed E-state index contributed by atoms with van der Waals surface area (Å²) in [4.78, 5) is 35.8. The van der Waals surface area contributed by atoms with Gasteiger partial charge in [-0.15, -0.1) is 0 Å². The van der Waals surface area contributed by atoms with E-state index in [1.165, 1.54) is 19.1 Å². The first-order chi connectivity index (χ1) is 13.0. The highest BCUT2D eigenvalue weighted by molar-refractivity contribution is 5.94. The zero-order valence-corrected chi connectivity index (χ0v) is 15.5. The third-order valence-corrected chi connectivity index (χ3v) is 3.50. The molecule has 1 amide bonds. The van der Waals surface area contributed by atoms with Crippen LogP contribution in [0.15, 0.2) is 24.4 Å². The Bertz CT molecular complexity index is 854. The van der Waals surface area contributed by atoms with Crippen LogP contribution < -0.4 is 10.1 Å². The van der Waals surface area contributed by atoms with Crippen molar-refractivity contribution in [2.75, 3.05) is 6.61 Å². The summed E-state index contributed by atoms with van der Waals surface area (Å²) in [6.07, 6.45) is -3.25. The Hall–Kier alpha value is -3.04. The number of pyridine rings is 1. The Kier molecular flexibility index (Phi) is 6.66. The number of rotatable bonds is 7. The van der Waals surface area contributed by atoms with Crippen LogP contribution in [-0.2, 0) is 11.2 Å².